The lowest BCUT2D eigenvalue weighted by Gasteiger charge is -2.43. The van der Waals surface area contributed by atoms with Gasteiger partial charge in [-0.3, -0.25) is 0 Å². The molecule has 0 radical (unpaired) electrons. The summed E-state index contributed by atoms with van der Waals surface area (Å²) in [7, 11) is -2.53. The molecule has 0 amide bonds. The normalized spacial score (nSPS) is 12.1. The largest absolute Gasteiger partial charge is 0.405 e. The topological polar surface area (TPSA) is 83.1 Å². The summed E-state index contributed by atoms with van der Waals surface area (Å²) >= 11 is 0. The van der Waals surface area contributed by atoms with Crippen molar-refractivity contribution in [2.75, 3.05) is 106 Å². The third-order valence-corrected chi connectivity index (χ3v) is 12.7. The molecule has 0 unspecified atom stereocenters. The first-order chi connectivity index (χ1) is 24.0. The number of hydrogen-bond donors (Lipinski definition) is 0. The van der Waals surface area contributed by atoms with Crippen LogP contribution < -0.4 is 10.4 Å². The molecule has 272 valence electrons. The molecular formula is C39H58O9Si. The van der Waals surface area contributed by atoms with Gasteiger partial charge in [0.25, 0.3) is 8.32 Å². The Hall–Kier alpha value is -2.48. The van der Waals surface area contributed by atoms with E-state index in [-0.39, 0.29) is 5.04 Å². The third-order valence-electron chi connectivity index (χ3n) is 7.68. The molecule has 0 N–H and O–H groups in total. The quantitative estimate of drug-likeness (QED) is 0.0744. The Kier molecular flexibility index (Phi) is 21.3. The molecule has 0 atom stereocenters. The van der Waals surface area contributed by atoms with E-state index in [9.17, 15) is 0 Å². The lowest BCUT2D eigenvalue weighted by atomic mass is 10.2. The summed E-state index contributed by atoms with van der Waals surface area (Å²) in [5.41, 5.74) is 1.16. The molecule has 0 spiro atoms. The van der Waals surface area contributed by atoms with Gasteiger partial charge in [0.05, 0.1) is 112 Å². The molecule has 3 aromatic carbocycles. The average molecular weight is 699 g/mol. The zero-order valence-electron chi connectivity index (χ0n) is 29.9. The van der Waals surface area contributed by atoms with Gasteiger partial charge in [-0.1, -0.05) is 112 Å². The molecule has 0 aliphatic heterocycles. The van der Waals surface area contributed by atoms with Crippen molar-refractivity contribution in [2.45, 2.75) is 32.4 Å². The zero-order chi connectivity index (χ0) is 34.7. The van der Waals surface area contributed by atoms with Crippen molar-refractivity contribution in [3.8, 4) is 0 Å². The van der Waals surface area contributed by atoms with Gasteiger partial charge in [-0.05, 0) is 21.0 Å². The second-order valence-corrected chi connectivity index (χ2v) is 16.6. The predicted octanol–water partition coefficient (Wildman–Crippen LogP) is 4.90. The first-order valence-corrected chi connectivity index (χ1v) is 19.4. The van der Waals surface area contributed by atoms with Crippen LogP contribution in [0.5, 0.6) is 0 Å². The van der Waals surface area contributed by atoms with Crippen LogP contribution in [0.25, 0.3) is 0 Å². The van der Waals surface area contributed by atoms with Crippen LogP contribution in [-0.2, 0) is 48.9 Å². The summed E-state index contributed by atoms with van der Waals surface area (Å²) in [4.78, 5) is 0. The van der Waals surface area contributed by atoms with Crippen LogP contribution in [0.15, 0.2) is 91.0 Å². The molecule has 0 aliphatic carbocycles. The van der Waals surface area contributed by atoms with E-state index in [0.29, 0.717) is 112 Å². The van der Waals surface area contributed by atoms with Gasteiger partial charge in [0, 0.05) is 0 Å². The fourth-order valence-electron chi connectivity index (χ4n) is 5.32. The third kappa shape index (κ3) is 16.4. The number of benzene rings is 3. The Labute approximate surface area is 295 Å². The van der Waals surface area contributed by atoms with Crippen LogP contribution in [0.1, 0.15) is 26.3 Å². The van der Waals surface area contributed by atoms with Gasteiger partial charge in [-0.2, -0.15) is 0 Å². The monoisotopic (exact) mass is 698 g/mol. The molecule has 0 aliphatic rings. The molecule has 0 heterocycles. The van der Waals surface area contributed by atoms with Crippen LogP contribution in [0, 0.1) is 0 Å². The van der Waals surface area contributed by atoms with Gasteiger partial charge in [-0.25, -0.2) is 0 Å². The lowest BCUT2D eigenvalue weighted by Crippen LogP contribution is -2.66. The SMILES string of the molecule is CC(C)(C)[Si](OCCOCCOCCOCCOCCOCCOCCOCCOCc1ccccc1)(c1ccccc1)c1ccccc1. The lowest BCUT2D eigenvalue weighted by molar-refractivity contribution is -0.0241. The van der Waals surface area contributed by atoms with Gasteiger partial charge in [-0.15, -0.1) is 0 Å². The van der Waals surface area contributed by atoms with E-state index in [4.69, 9.17) is 42.3 Å². The minimum atomic E-state index is -2.53. The Morgan fingerprint density at radius 3 is 0.980 bits per heavy atom. The maximum atomic E-state index is 6.85. The molecule has 3 rings (SSSR count). The van der Waals surface area contributed by atoms with Crippen LogP contribution in [-0.4, -0.2) is 114 Å². The van der Waals surface area contributed by atoms with E-state index in [1.54, 1.807) is 0 Å². The molecule has 0 fully saturated rings. The average Bonchev–Trinajstić information content (AvgIpc) is 3.12. The van der Waals surface area contributed by atoms with Crippen LogP contribution in [0.2, 0.25) is 5.04 Å². The molecule has 49 heavy (non-hydrogen) atoms. The number of ether oxygens (including phenoxy) is 8. The Morgan fingerprint density at radius 1 is 0.367 bits per heavy atom. The fraction of sp³-hybridized carbons (Fsp3) is 0.538. The second kappa shape index (κ2) is 25.5. The maximum Gasteiger partial charge on any atom is 0.261 e. The van der Waals surface area contributed by atoms with E-state index >= 15 is 0 Å². The molecule has 0 saturated heterocycles. The summed E-state index contributed by atoms with van der Waals surface area (Å²) in [6.07, 6.45) is 0. The van der Waals surface area contributed by atoms with E-state index in [2.05, 4.69) is 81.4 Å². The number of hydrogen-bond acceptors (Lipinski definition) is 9. The fourth-order valence-corrected chi connectivity index (χ4v) is 9.86. The standard InChI is InChI=1S/C39H58O9Si/c1-39(2,3)49(37-15-9-5-10-16-37,38-17-11-6-12-18-38)48-34-33-46-30-29-44-26-25-42-22-21-40-19-20-41-23-24-43-27-28-45-31-32-47-35-36-13-7-4-8-14-36/h4-18H,19-35H2,1-3H3. The summed E-state index contributed by atoms with van der Waals surface area (Å²) in [5.74, 6) is 0. The van der Waals surface area contributed by atoms with E-state index in [0.717, 1.165) is 5.56 Å². The highest BCUT2D eigenvalue weighted by Crippen LogP contribution is 2.36. The van der Waals surface area contributed by atoms with Crippen LogP contribution in [0.3, 0.4) is 0 Å². The van der Waals surface area contributed by atoms with Gasteiger partial charge in [0.15, 0.2) is 0 Å². The zero-order valence-corrected chi connectivity index (χ0v) is 30.9. The molecule has 3 aromatic rings. The van der Waals surface area contributed by atoms with Gasteiger partial charge in [0.1, 0.15) is 0 Å². The highest BCUT2D eigenvalue weighted by Gasteiger charge is 2.50. The highest BCUT2D eigenvalue weighted by atomic mass is 28.4. The first kappa shape index (κ1) is 40.9. The minimum Gasteiger partial charge on any atom is -0.405 e. The molecule has 0 saturated carbocycles. The Balaban J connectivity index is 1.07. The molecular weight excluding hydrogens is 641 g/mol. The van der Waals surface area contributed by atoms with E-state index in [1.165, 1.54) is 10.4 Å². The van der Waals surface area contributed by atoms with Crippen molar-refractivity contribution >= 4 is 18.7 Å². The Morgan fingerprint density at radius 2 is 0.653 bits per heavy atom. The first-order valence-electron chi connectivity index (χ1n) is 17.4. The van der Waals surface area contributed by atoms with Crippen molar-refractivity contribution in [1.29, 1.82) is 0 Å². The smallest absolute Gasteiger partial charge is 0.261 e. The molecule has 10 heteroatoms. The van der Waals surface area contributed by atoms with Crippen molar-refractivity contribution in [1.82, 2.24) is 0 Å². The number of rotatable bonds is 29. The summed E-state index contributed by atoms with van der Waals surface area (Å²) < 4.78 is 51.6. The van der Waals surface area contributed by atoms with Gasteiger partial charge < -0.3 is 42.3 Å². The molecule has 0 aromatic heterocycles. The van der Waals surface area contributed by atoms with Gasteiger partial charge >= 0.3 is 0 Å². The van der Waals surface area contributed by atoms with Crippen molar-refractivity contribution in [2.24, 2.45) is 0 Å². The van der Waals surface area contributed by atoms with Crippen molar-refractivity contribution in [3.63, 3.8) is 0 Å². The van der Waals surface area contributed by atoms with Crippen LogP contribution >= 0.6 is 0 Å². The predicted molar refractivity (Wildman–Crippen MR) is 195 cm³/mol. The van der Waals surface area contributed by atoms with Crippen molar-refractivity contribution < 1.29 is 42.3 Å². The molecule has 9 nitrogen and oxygen atoms in total. The highest BCUT2D eigenvalue weighted by molar-refractivity contribution is 6.99. The van der Waals surface area contributed by atoms with Crippen molar-refractivity contribution in [3.05, 3.63) is 96.6 Å². The summed E-state index contributed by atoms with van der Waals surface area (Å²) in [5, 5.41) is 2.49. The van der Waals surface area contributed by atoms with Gasteiger partial charge in [0.2, 0.25) is 0 Å². The Bertz CT molecular complexity index is 1140. The summed E-state index contributed by atoms with van der Waals surface area (Å²) in [6, 6.07) is 31.4. The maximum absolute atomic E-state index is 6.85. The van der Waals surface area contributed by atoms with E-state index in [1.807, 2.05) is 30.3 Å². The minimum absolute atomic E-state index is 0.0520. The summed E-state index contributed by atoms with van der Waals surface area (Å²) in [6.45, 7) is 15.8. The van der Waals surface area contributed by atoms with Crippen LogP contribution in [0.4, 0.5) is 0 Å². The molecule has 0 bridgehead atoms. The van der Waals surface area contributed by atoms with E-state index < -0.39 is 8.32 Å². The second-order valence-electron chi connectivity index (χ2n) is 12.3.